The van der Waals surface area contributed by atoms with Crippen molar-refractivity contribution in [3.63, 3.8) is 0 Å². The summed E-state index contributed by atoms with van der Waals surface area (Å²) in [5.41, 5.74) is 1.62. The first kappa shape index (κ1) is 23.1. The second kappa shape index (κ2) is 9.29. The Labute approximate surface area is 185 Å². The first-order chi connectivity index (χ1) is 14.6. The van der Waals surface area contributed by atoms with Crippen LogP contribution in [0, 0.1) is 12.7 Å². The molecule has 3 aromatic rings. The Balaban J connectivity index is 1.97. The zero-order valence-electron chi connectivity index (χ0n) is 17.8. The summed E-state index contributed by atoms with van der Waals surface area (Å²) in [5.74, 6) is -1.29. The predicted molar refractivity (Wildman–Crippen MR) is 120 cm³/mol. The fraction of sp³-hybridized carbons (Fsp3) is 0.333. The molecule has 0 aliphatic rings. The minimum atomic E-state index is -3.94. The van der Waals surface area contributed by atoms with E-state index in [0.29, 0.717) is 22.9 Å². The maximum atomic E-state index is 13.2. The van der Waals surface area contributed by atoms with Gasteiger partial charge >= 0.3 is 0 Å². The van der Waals surface area contributed by atoms with Gasteiger partial charge < -0.3 is 9.64 Å². The van der Waals surface area contributed by atoms with Crippen LogP contribution in [0.15, 0.2) is 41.3 Å². The third-order valence-electron chi connectivity index (χ3n) is 4.70. The number of nitrogens with zero attached hydrogens (tertiary/aromatic N) is 3. The number of likely N-dealkylation sites (N-methyl/N-ethyl adjacent to an activating group) is 1. The maximum absolute atomic E-state index is 13.2. The number of amides is 1. The van der Waals surface area contributed by atoms with E-state index in [1.165, 1.54) is 16.2 Å². The van der Waals surface area contributed by atoms with Crippen LogP contribution in [0.25, 0.3) is 10.2 Å². The number of benzene rings is 2. The van der Waals surface area contributed by atoms with Gasteiger partial charge in [-0.05, 0) is 56.9 Å². The van der Waals surface area contributed by atoms with E-state index in [1.54, 1.807) is 7.11 Å². The Bertz CT molecular complexity index is 1190. The second-order valence-corrected chi connectivity index (χ2v) is 10.3. The van der Waals surface area contributed by atoms with E-state index in [1.807, 2.05) is 38.1 Å². The fourth-order valence-electron chi connectivity index (χ4n) is 2.97. The van der Waals surface area contributed by atoms with Gasteiger partial charge in [-0.1, -0.05) is 17.4 Å². The molecule has 0 radical (unpaired) electrons. The molecule has 0 N–H and O–H groups in total. The number of anilines is 1. The van der Waals surface area contributed by atoms with Crippen LogP contribution in [0.5, 0.6) is 5.75 Å². The largest absolute Gasteiger partial charge is 0.494 e. The molecular formula is C21H24FN3O4S2. The predicted octanol–water partition coefficient (Wildman–Crippen LogP) is 3.12. The van der Waals surface area contributed by atoms with E-state index in [-0.39, 0.29) is 11.4 Å². The molecule has 1 heterocycles. The molecular weight excluding hydrogens is 441 g/mol. The Morgan fingerprint density at radius 3 is 2.42 bits per heavy atom. The number of aromatic nitrogens is 1. The number of hydrogen-bond donors (Lipinski definition) is 0. The summed E-state index contributed by atoms with van der Waals surface area (Å²) < 4.78 is 44.9. The third-order valence-corrected chi connectivity index (χ3v) is 7.53. The first-order valence-corrected chi connectivity index (χ1v) is 12.0. The lowest BCUT2D eigenvalue weighted by Crippen LogP contribution is -2.40. The number of halogens is 1. The van der Waals surface area contributed by atoms with E-state index < -0.39 is 27.3 Å². The molecule has 0 aliphatic heterocycles. The van der Waals surface area contributed by atoms with E-state index in [2.05, 4.69) is 4.98 Å². The van der Waals surface area contributed by atoms with Crippen LogP contribution >= 0.6 is 11.3 Å². The summed E-state index contributed by atoms with van der Waals surface area (Å²) in [6.45, 7) is 2.73. The number of fused-ring (bicyclic) bond motifs is 1. The SMILES string of the molecule is COc1ccc(C)c2sc(N(CCN(C)C)C(=O)CS(=O)(=O)c3ccc(F)cc3)nc12. The van der Waals surface area contributed by atoms with Crippen molar-refractivity contribution < 1.29 is 22.3 Å². The number of aryl methyl sites for hydroxylation is 1. The number of carbonyl (C=O) groups excluding carboxylic acids is 1. The standard InChI is InChI=1S/C21H24FN3O4S2/c1-14-5-10-17(29-4)19-20(14)30-21(23-19)25(12-11-24(2)3)18(26)13-31(27,28)16-8-6-15(22)7-9-16/h5-10H,11-13H2,1-4H3. The number of hydrogen-bond acceptors (Lipinski definition) is 7. The van der Waals surface area contributed by atoms with Gasteiger partial charge in [0.1, 0.15) is 22.8 Å². The van der Waals surface area contributed by atoms with Crippen molar-refractivity contribution in [2.45, 2.75) is 11.8 Å². The average Bonchev–Trinajstić information content (AvgIpc) is 3.14. The van der Waals surface area contributed by atoms with Crippen molar-refractivity contribution in [1.82, 2.24) is 9.88 Å². The zero-order valence-corrected chi connectivity index (χ0v) is 19.4. The van der Waals surface area contributed by atoms with Crippen LogP contribution in [-0.4, -0.2) is 64.3 Å². The normalized spacial score (nSPS) is 11.8. The molecule has 3 rings (SSSR count). The lowest BCUT2D eigenvalue weighted by Gasteiger charge is -2.22. The van der Waals surface area contributed by atoms with Crippen molar-refractivity contribution in [3.05, 3.63) is 47.8 Å². The minimum Gasteiger partial charge on any atom is -0.494 e. The van der Waals surface area contributed by atoms with Gasteiger partial charge in [-0.2, -0.15) is 0 Å². The molecule has 1 aromatic heterocycles. The summed E-state index contributed by atoms with van der Waals surface area (Å²) in [6.07, 6.45) is 0. The zero-order chi connectivity index (χ0) is 22.8. The van der Waals surface area contributed by atoms with Gasteiger partial charge in [0.2, 0.25) is 5.91 Å². The van der Waals surface area contributed by atoms with Gasteiger partial charge in [0, 0.05) is 13.1 Å². The molecule has 0 saturated heterocycles. The van der Waals surface area contributed by atoms with Gasteiger partial charge in [-0.3, -0.25) is 9.69 Å². The average molecular weight is 466 g/mol. The summed E-state index contributed by atoms with van der Waals surface area (Å²) in [6, 6.07) is 8.16. The van der Waals surface area contributed by atoms with E-state index in [4.69, 9.17) is 4.74 Å². The smallest absolute Gasteiger partial charge is 0.244 e. The number of ether oxygens (including phenoxy) is 1. The number of sulfone groups is 1. The second-order valence-electron chi connectivity index (χ2n) is 7.32. The highest BCUT2D eigenvalue weighted by Crippen LogP contribution is 2.36. The summed E-state index contributed by atoms with van der Waals surface area (Å²) in [7, 11) is 1.34. The number of methoxy groups -OCH3 is 1. The Morgan fingerprint density at radius 2 is 1.81 bits per heavy atom. The molecule has 0 unspecified atom stereocenters. The molecule has 0 saturated carbocycles. The van der Waals surface area contributed by atoms with E-state index in [9.17, 15) is 17.6 Å². The third kappa shape index (κ3) is 5.20. The van der Waals surface area contributed by atoms with Gasteiger partial charge in [-0.25, -0.2) is 17.8 Å². The molecule has 2 aromatic carbocycles. The molecule has 1 amide bonds. The topological polar surface area (TPSA) is 79.8 Å². The quantitative estimate of drug-likeness (QED) is 0.476. The lowest BCUT2D eigenvalue weighted by atomic mass is 10.2. The van der Waals surface area contributed by atoms with Crippen molar-refractivity contribution in [2.75, 3.05) is 44.9 Å². The van der Waals surface area contributed by atoms with Crippen LogP contribution in [0.3, 0.4) is 0 Å². The van der Waals surface area contributed by atoms with Crippen LogP contribution in [0.2, 0.25) is 0 Å². The monoisotopic (exact) mass is 465 g/mol. The Morgan fingerprint density at radius 1 is 1.13 bits per heavy atom. The number of carbonyl (C=O) groups is 1. The van der Waals surface area contributed by atoms with Crippen LogP contribution in [-0.2, 0) is 14.6 Å². The number of thiazole rings is 1. The van der Waals surface area contributed by atoms with E-state index in [0.717, 1.165) is 34.5 Å². The fourth-order valence-corrected chi connectivity index (χ4v) is 5.26. The molecule has 31 heavy (non-hydrogen) atoms. The Kier molecular flexibility index (Phi) is 6.93. The summed E-state index contributed by atoms with van der Waals surface area (Å²) >= 11 is 1.32. The van der Waals surface area contributed by atoms with Crippen molar-refractivity contribution in [2.24, 2.45) is 0 Å². The van der Waals surface area contributed by atoms with E-state index >= 15 is 0 Å². The van der Waals surface area contributed by atoms with Crippen molar-refractivity contribution >= 4 is 42.4 Å². The van der Waals surface area contributed by atoms with Crippen LogP contribution in [0.4, 0.5) is 9.52 Å². The Hall–Kier alpha value is -2.56. The van der Waals surface area contributed by atoms with Gasteiger partial charge in [0.25, 0.3) is 0 Å². The minimum absolute atomic E-state index is 0.100. The van der Waals surface area contributed by atoms with Gasteiger partial charge in [-0.15, -0.1) is 0 Å². The van der Waals surface area contributed by atoms with Crippen LogP contribution in [0.1, 0.15) is 5.56 Å². The first-order valence-electron chi connectivity index (χ1n) is 9.50. The van der Waals surface area contributed by atoms with Gasteiger partial charge in [0.15, 0.2) is 15.0 Å². The molecule has 0 fully saturated rings. The van der Waals surface area contributed by atoms with Crippen molar-refractivity contribution in [1.29, 1.82) is 0 Å². The lowest BCUT2D eigenvalue weighted by molar-refractivity contribution is -0.116. The molecule has 166 valence electrons. The molecule has 10 heteroatoms. The molecule has 0 aliphatic carbocycles. The van der Waals surface area contributed by atoms with Crippen LogP contribution < -0.4 is 9.64 Å². The molecule has 0 atom stereocenters. The van der Waals surface area contributed by atoms with Crippen molar-refractivity contribution in [3.8, 4) is 5.75 Å². The number of rotatable bonds is 8. The highest BCUT2D eigenvalue weighted by molar-refractivity contribution is 7.92. The summed E-state index contributed by atoms with van der Waals surface area (Å²) in [5, 5.41) is 0.406. The highest BCUT2D eigenvalue weighted by atomic mass is 32.2. The molecule has 0 spiro atoms. The summed E-state index contributed by atoms with van der Waals surface area (Å²) in [4.78, 5) is 20.9. The maximum Gasteiger partial charge on any atom is 0.244 e. The molecule has 0 bridgehead atoms. The molecule has 7 nitrogen and oxygen atoms in total. The van der Waals surface area contributed by atoms with Gasteiger partial charge in [0.05, 0.1) is 16.7 Å². The highest BCUT2D eigenvalue weighted by Gasteiger charge is 2.27.